The van der Waals surface area contributed by atoms with E-state index >= 15 is 0 Å². The number of nitrogens with zero attached hydrogens (tertiary/aromatic N) is 3. The van der Waals surface area contributed by atoms with E-state index in [0.29, 0.717) is 28.6 Å². The number of aryl methyl sites for hydroxylation is 1. The first-order chi connectivity index (χ1) is 13.4. The van der Waals surface area contributed by atoms with Crippen LogP contribution in [0.5, 0.6) is 5.75 Å². The fourth-order valence-corrected chi connectivity index (χ4v) is 4.30. The van der Waals surface area contributed by atoms with Crippen LogP contribution in [0.4, 0.5) is 5.69 Å². The lowest BCUT2D eigenvalue weighted by Gasteiger charge is -2.16. The van der Waals surface area contributed by atoms with E-state index in [1.807, 2.05) is 27.7 Å². The first kappa shape index (κ1) is 19.9. The molecule has 1 aliphatic rings. The SMILES string of the molecule is CCOc1ccc(N2C(=O)CC(Sc3nc(C)c(C)c(C)c3C#N)C2=O)cc1. The van der Waals surface area contributed by atoms with Gasteiger partial charge in [-0.3, -0.25) is 9.59 Å². The van der Waals surface area contributed by atoms with E-state index in [1.54, 1.807) is 24.3 Å². The van der Waals surface area contributed by atoms with Crippen molar-refractivity contribution in [2.75, 3.05) is 11.5 Å². The van der Waals surface area contributed by atoms with Crippen molar-refractivity contribution in [2.45, 2.75) is 44.4 Å². The Morgan fingerprint density at radius 2 is 1.89 bits per heavy atom. The van der Waals surface area contributed by atoms with Crippen LogP contribution < -0.4 is 9.64 Å². The van der Waals surface area contributed by atoms with Crippen molar-refractivity contribution < 1.29 is 14.3 Å². The van der Waals surface area contributed by atoms with E-state index < -0.39 is 5.25 Å². The maximum Gasteiger partial charge on any atom is 0.247 e. The van der Waals surface area contributed by atoms with Gasteiger partial charge in [0.25, 0.3) is 0 Å². The van der Waals surface area contributed by atoms with Crippen molar-refractivity contribution in [1.29, 1.82) is 5.26 Å². The maximum atomic E-state index is 12.9. The molecule has 1 saturated heterocycles. The van der Waals surface area contributed by atoms with Crippen molar-refractivity contribution in [1.82, 2.24) is 4.98 Å². The molecule has 2 amide bonds. The number of imide groups is 1. The third-order valence-corrected chi connectivity index (χ3v) is 6.01. The normalized spacial score (nSPS) is 16.4. The predicted octanol–water partition coefficient (Wildman–Crippen LogP) is 3.70. The number of anilines is 1. The van der Waals surface area contributed by atoms with Crippen molar-refractivity contribution >= 4 is 29.3 Å². The monoisotopic (exact) mass is 395 g/mol. The predicted molar refractivity (Wildman–Crippen MR) is 108 cm³/mol. The van der Waals surface area contributed by atoms with E-state index in [1.165, 1.54) is 16.7 Å². The van der Waals surface area contributed by atoms with Gasteiger partial charge in [-0.05, 0) is 63.1 Å². The topological polar surface area (TPSA) is 83.3 Å². The molecule has 0 radical (unpaired) electrons. The van der Waals surface area contributed by atoms with Gasteiger partial charge in [-0.25, -0.2) is 9.88 Å². The highest BCUT2D eigenvalue weighted by molar-refractivity contribution is 8.00. The minimum atomic E-state index is -0.597. The molecule has 0 bridgehead atoms. The molecule has 28 heavy (non-hydrogen) atoms. The highest BCUT2D eigenvalue weighted by Crippen LogP contribution is 2.36. The number of hydrogen-bond donors (Lipinski definition) is 0. The van der Waals surface area contributed by atoms with Crippen LogP contribution in [0.15, 0.2) is 29.3 Å². The first-order valence-electron chi connectivity index (χ1n) is 9.01. The molecular weight excluding hydrogens is 374 g/mol. The average molecular weight is 395 g/mol. The minimum absolute atomic E-state index is 0.0786. The minimum Gasteiger partial charge on any atom is -0.494 e. The number of thioether (sulfide) groups is 1. The Morgan fingerprint density at radius 3 is 2.50 bits per heavy atom. The molecule has 1 aromatic heterocycles. The number of carbonyl (C=O) groups is 2. The maximum absolute atomic E-state index is 12.9. The summed E-state index contributed by atoms with van der Waals surface area (Å²) < 4.78 is 5.40. The van der Waals surface area contributed by atoms with Gasteiger partial charge in [-0.15, -0.1) is 0 Å². The van der Waals surface area contributed by atoms with Crippen LogP contribution in [0.25, 0.3) is 0 Å². The Bertz CT molecular complexity index is 980. The molecule has 0 saturated carbocycles. The van der Waals surface area contributed by atoms with Gasteiger partial charge >= 0.3 is 0 Å². The summed E-state index contributed by atoms with van der Waals surface area (Å²) in [6, 6.07) is 9.06. The van der Waals surface area contributed by atoms with Gasteiger partial charge in [0.15, 0.2) is 0 Å². The zero-order chi connectivity index (χ0) is 20.4. The first-order valence-corrected chi connectivity index (χ1v) is 9.89. The second-order valence-electron chi connectivity index (χ2n) is 6.54. The Morgan fingerprint density at radius 1 is 1.21 bits per heavy atom. The van der Waals surface area contributed by atoms with Gasteiger partial charge in [0, 0.05) is 12.1 Å². The summed E-state index contributed by atoms with van der Waals surface area (Å²) in [7, 11) is 0. The molecule has 0 aliphatic carbocycles. The molecule has 1 unspecified atom stereocenters. The second-order valence-corrected chi connectivity index (χ2v) is 7.74. The Labute approximate surface area is 168 Å². The number of hydrogen-bond acceptors (Lipinski definition) is 6. The Hall–Kier alpha value is -2.85. The van der Waals surface area contributed by atoms with Crippen molar-refractivity contribution in [3.63, 3.8) is 0 Å². The highest BCUT2D eigenvalue weighted by Gasteiger charge is 2.41. The van der Waals surface area contributed by atoms with Crippen LogP contribution in [-0.2, 0) is 9.59 Å². The zero-order valence-electron chi connectivity index (χ0n) is 16.3. The molecule has 6 nitrogen and oxygen atoms in total. The Kier molecular flexibility index (Phi) is 5.71. The summed E-state index contributed by atoms with van der Waals surface area (Å²) >= 11 is 1.19. The number of aromatic nitrogens is 1. The van der Waals surface area contributed by atoms with E-state index in [0.717, 1.165) is 16.8 Å². The van der Waals surface area contributed by atoms with Crippen LogP contribution >= 0.6 is 11.8 Å². The number of amides is 2. The quantitative estimate of drug-likeness (QED) is 0.718. The Balaban J connectivity index is 1.86. The molecule has 1 fully saturated rings. The van der Waals surface area contributed by atoms with Gasteiger partial charge in [-0.2, -0.15) is 5.26 Å². The molecule has 0 N–H and O–H groups in total. The van der Waals surface area contributed by atoms with Crippen LogP contribution in [-0.4, -0.2) is 28.7 Å². The number of benzene rings is 1. The summed E-state index contributed by atoms with van der Waals surface area (Å²) in [5.74, 6) is 0.135. The zero-order valence-corrected chi connectivity index (χ0v) is 17.1. The lowest BCUT2D eigenvalue weighted by molar-refractivity contribution is -0.121. The van der Waals surface area contributed by atoms with Gasteiger partial charge in [0.2, 0.25) is 11.8 Å². The smallest absolute Gasteiger partial charge is 0.247 e. The van der Waals surface area contributed by atoms with E-state index in [2.05, 4.69) is 11.1 Å². The summed E-state index contributed by atoms with van der Waals surface area (Å²) in [6.45, 7) is 8.11. The number of ether oxygens (including phenoxy) is 1. The van der Waals surface area contributed by atoms with Crippen molar-refractivity contribution in [3.05, 3.63) is 46.6 Å². The van der Waals surface area contributed by atoms with E-state index in [-0.39, 0.29) is 18.2 Å². The van der Waals surface area contributed by atoms with Gasteiger partial charge in [0.05, 0.1) is 23.1 Å². The fourth-order valence-electron chi connectivity index (χ4n) is 3.09. The number of nitriles is 1. The van der Waals surface area contributed by atoms with Crippen molar-refractivity contribution in [3.8, 4) is 11.8 Å². The lowest BCUT2D eigenvalue weighted by Crippen LogP contribution is -2.31. The molecule has 1 aromatic carbocycles. The summed E-state index contributed by atoms with van der Waals surface area (Å²) in [5.41, 5.74) is 3.63. The molecule has 1 aliphatic heterocycles. The third kappa shape index (κ3) is 3.60. The molecule has 144 valence electrons. The molecule has 2 heterocycles. The number of rotatable bonds is 5. The average Bonchev–Trinajstić information content (AvgIpc) is 2.94. The molecule has 2 aromatic rings. The lowest BCUT2D eigenvalue weighted by atomic mass is 10.1. The largest absolute Gasteiger partial charge is 0.494 e. The summed E-state index contributed by atoms with van der Waals surface area (Å²) in [5, 5.41) is 9.43. The van der Waals surface area contributed by atoms with Crippen molar-refractivity contribution in [2.24, 2.45) is 0 Å². The molecule has 7 heteroatoms. The molecule has 1 atom stereocenters. The van der Waals surface area contributed by atoms with E-state index in [4.69, 9.17) is 4.74 Å². The summed E-state index contributed by atoms with van der Waals surface area (Å²) in [6.07, 6.45) is 0.0786. The van der Waals surface area contributed by atoms with Crippen LogP contribution in [0.1, 0.15) is 35.7 Å². The molecule has 3 rings (SSSR count). The fraction of sp³-hybridized carbons (Fsp3) is 0.333. The van der Waals surface area contributed by atoms with Gasteiger partial charge in [0.1, 0.15) is 16.8 Å². The second kappa shape index (κ2) is 8.03. The molecular formula is C21H21N3O3S. The van der Waals surface area contributed by atoms with Crippen LogP contribution in [0.2, 0.25) is 0 Å². The van der Waals surface area contributed by atoms with Crippen LogP contribution in [0, 0.1) is 32.1 Å². The third-order valence-electron chi connectivity index (χ3n) is 4.84. The van der Waals surface area contributed by atoms with Crippen LogP contribution in [0.3, 0.4) is 0 Å². The molecule has 0 spiro atoms. The number of pyridine rings is 1. The van der Waals surface area contributed by atoms with E-state index in [9.17, 15) is 14.9 Å². The van der Waals surface area contributed by atoms with Gasteiger partial charge < -0.3 is 4.74 Å². The standard InChI is InChI=1S/C21H21N3O3S/c1-5-27-16-8-6-15(7-9-16)24-19(25)10-18(21(24)26)28-20-17(11-22)13(3)12(2)14(4)23-20/h6-9,18H,5,10H2,1-4H3. The summed E-state index contributed by atoms with van der Waals surface area (Å²) in [4.78, 5) is 31.1. The number of carbonyl (C=O) groups excluding carboxylic acids is 2. The van der Waals surface area contributed by atoms with Gasteiger partial charge in [-0.1, -0.05) is 11.8 Å². The highest BCUT2D eigenvalue weighted by atomic mass is 32.2.